The van der Waals surface area contributed by atoms with E-state index in [0.29, 0.717) is 27.9 Å². The van der Waals surface area contributed by atoms with Crippen molar-refractivity contribution in [1.29, 1.82) is 0 Å². The summed E-state index contributed by atoms with van der Waals surface area (Å²) in [6.45, 7) is 6.14. The standard InChI is InChI=1S/C21H21N3O2S/c1-13(2)15-4-6-16(7-5-15)19(25)24-21-17(9-11-27-21)20(26)23-18-12-14(3)8-10-22-18/h4-13H,1-3H3,(H,24,25)(H,22,23,26). The number of thiophene rings is 1. The summed E-state index contributed by atoms with van der Waals surface area (Å²) < 4.78 is 0. The van der Waals surface area contributed by atoms with Crippen LogP contribution in [0, 0.1) is 6.92 Å². The van der Waals surface area contributed by atoms with Crippen LogP contribution in [0.15, 0.2) is 54.0 Å². The van der Waals surface area contributed by atoms with Gasteiger partial charge in [-0.15, -0.1) is 11.3 Å². The first-order valence-electron chi connectivity index (χ1n) is 8.67. The molecule has 0 fully saturated rings. The molecule has 3 rings (SSSR count). The van der Waals surface area contributed by atoms with Gasteiger partial charge in [0, 0.05) is 11.8 Å². The van der Waals surface area contributed by atoms with Crippen molar-refractivity contribution >= 4 is 34.0 Å². The number of hydrogen-bond acceptors (Lipinski definition) is 4. The van der Waals surface area contributed by atoms with Gasteiger partial charge in [-0.3, -0.25) is 9.59 Å². The van der Waals surface area contributed by atoms with Gasteiger partial charge in [-0.1, -0.05) is 26.0 Å². The number of pyridine rings is 1. The molecule has 0 aliphatic carbocycles. The largest absolute Gasteiger partial charge is 0.313 e. The van der Waals surface area contributed by atoms with Gasteiger partial charge in [-0.05, 0) is 59.7 Å². The lowest BCUT2D eigenvalue weighted by molar-refractivity contribution is 0.102. The molecule has 2 amide bonds. The molecule has 138 valence electrons. The zero-order valence-electron chi connectivity index (χ0n) is 15.4. The maximum absolute atomic E-state index is 12.5. The van der Waals surface area contributed by atoms with E-state index in [4.69, 9.17) is 0 Å². The molecule has 0 spiro atoms. The lowest BCUT2D eigenvalue weighted by Crippen LogP contribution is -2.17. The van der Waals surface area contributed by atoms with Crippen molar-refractivity contribution < 1.29 is 9.59 Å². The number of aromatic nitrogens is 1. The molecule has 0 unspecified atom stereocenters. The Bertz CT molecular complexity index is 962. The summed E-state index contributed by atoms with van der Waals surface area (Å²) in [6, 6.07) is 12.8. The van der Waals surface area contributed by atoms with Crippen molar-refractivity contribution in [2.75, 3.05) is 10.6 Å². The number of hydrogen-bond donors (Lipinski definition) is 2. The predicted octanol–water partition coefficient (Wildman–Crippen LogP) is 5.08. The molecular weight excluding hydrogens is 358 g/mol. The minimum Gasteiger partial charge on any atom is -0.313 e. The number of nitrogens with zero attached hydrogens (tertiary/aromatic N) is 1. The maximum atomic E-state index is 12.5. The van der Waals surface area contributed by atoms with Gasteiger partial charge in [0.15, 0.2) is 0 Å². The monoisotopic (exact) mass is 379 g/mol. The zero-order valence-corrected chi connectivity index (χ0v) is 16.3. The van der Waals surface area contributed by atoms with E-state index in [1.165, 1.54) is 16.9 Å². The van der Waals surface area contributed by atoms with E-state index in [1.807, 2.05) is 25.1 Å². The summed E-state index contributed by atoms with van der Waals surface area (Å²) in [5.74, 6) is 0.341. The number of rotatable bonds is 5. The van der Waals surface area contributed by atoms with Crippen molar-refractivity contribution in [3.63, 3.8) is 0 Å². The van der Waals surface area contributed by atoms with Crippen LogP contribution in [0.3, 0.4) is 0 Å². The molecular formula is C21H21N3O2S. The molecule has 3 aromatic rings. The highest BCUT2D eigenvalue weighted by atomic mass is 32.1. The average Bonchev–Trinajstić information content (AvgIpc) is 3.10. The zero-order chi connectivity index (χ0) is 19.4. The van der Waals surface area contributed by atoms with Gasteiger partial charge >= 0.3 is 0 Å². The lowest BCUT2D eigenvalue weighted by atomic mass is 10.0. The second-order valence-electron chi connectivity index (χ2n) is 6.57. The van der Waals surface area contributed by atoms with E-state index in [0.717, 1.165) is 5.56 Å². The van der Waals surface area contributed by atoms with E-state index in [-0.39, 0.29) is 11.8 Å². The molecule has 0 atom stereocenters. The number of carbonyl (C=O) groups is 2. The first-order chi connectivity index (χ1) is 12.9. The molecule has 0 bridgehead atoms. The van der Waals surface area contributed by atoms with E-state index in [2.05, 4.69) is 29.5 Å². The van der Waals surface area contributed by atoms with Crippen LogP contribution in [0.4, 0.5) is 10.8 Å². The first kappa shape index (κ1) is 18.8. The number of anilines is 2. The van der Waals surface area contributed by atoms with Crippen LogP contribution in [0.25, 0.3) is 0 Å². The van der Waals surface area contributed by atoms with Crippen molar-refractivity contribution in [3.05, 3.63) is 76.3 Å². The summed E-state index contributed by atoms with van der Waals surface area (Å²) in [5.41, 5.74) is 3.15. The minimum absolute atomic E-state index is 0.240. The summed E-state index contributed by atoms with van der Waals surface area (Å²) >= 11 is 1.31. The van der Waals surface area contributed by atoms with E-state index in [1.54, 1.807) is 35.8 Å². The van der Waals surface area contributed by atoms with Crippen LogP contribution in [0.2, 0.25) is 0 Å². The SMILES string of the molecule is Cc1ccnc(NC(=O)c2ccsc2NC(=O)c2ccc(C(C)C)cc2)c1. The van der Waals surface area contributed by atoms with Crippen molar-refractivity contribution in [1.82, 2.24) is 4.98 Å². The minimum atomic E-state index is -0.306. The summed E-state index contributed by atoms with van der Waals surface area (Å²) in [7, 11) is 0. The van der Waals surface area contributed by atoms with Crippen molar-refractivity contribution in [3.8, 4) is 0 Å². The Morgan fingerprint density at radius 1 is 1.00 bits per heavy atom. The predicted molar refractivity (Wildman–Crippen MR) is 110 cm³/mol. The number of carbonyl (C=O) groups excluding carboxylic acids is 2. The third-order valence-corrected chi connectivity index (χ3v) is 4.96. The molecule has 0 aliphatic rings. The highest BCUT2D eigenvalue weighted by Gasteiger charge is 2.16. The number of amides is 2. The van der Waals surface area contributed by atoms with Crippen molar-refractivity contribution in [2.45, 2.75) is 26.7 Å². The van der Waals surface area contributed by atoms with Crippen LogP contribution < -0.4 is 10.6 Å². The highest BCUT2D eigenvalue weighted by Crippen LogP contribution is 2.25. The molecule has 0 saturated heterocycles. The number of nitrogens with one attached hydrogen (secondary N) is 2. The summed E-state index contributed by atoms with van der Waals surface area (Å²) in [5, 5.41) is 7.88. The van der Waals surface area contributed by atoms with Gasteiger partial charge in [0.25, 0.3) is 11.8 Å². The average molecular weight is 379 g/mol. The van der Waals surface area contributed by atoms with Crippen molar-refractivity contribution in [2.24, 2.45) is 0 Å². The maximum Gasteiger partial charge on any atom is 0.259 e. The molecule has 0 radical (unpaired) electrons. The van der Waals surface area contributed by atoms with Crippen LogP contribution in [0.1, 0.15) is 51.6 Å². The fourth-order valence-electron chi connectivity index (χ4n) is 2.57. The quantitative estimate of drug-likeness (QED) is 0.649. The molecule has 5 nitrogen and oxygen atoms in total. The molecule has 2 aromatic heterocycles. The van der Waals surface area contributed by atoms with Crippen LogP contribution >= 0.6 is 11.3 Å². The van der Waals surface area contributed by atoms with Crippen LogP contribution in [-0.2, 0) is 0 Å². The molecule has 2 heterocycles. The fourth-order valence-corrected chi connectivity index (χ4v) is 3.35. The molecule has 0 aliphatic heterocycles. The Labute approximate surface area is 162 Å². The first-order valence-corrected chi connectivity index (χ1v) is 9.55. The van der Waals surface area contributed by atoms with Gasteiger partial charge in [0.1, 0.15) is 10.8 Å². The van der Waals surface area contributed by atoms with Crippen LogP contribution in [-0.4, -0.2) is 16.8 Å². The van der Waals surface area contributed by atoms with Gasteiger partial charge in [-0.25, -0.2) is 4.98 Å². The van der Waals surface area contributed by atoms with Gasteiger partial charge in [0.2, 0.25) is 0 Å². The van der Waals surface area contributed by atoms with E-state index < -0.39 is 0 Å². The van der Waals surface area contributed by atoms with Gasteiger partial charge < -0.3 is 10.6 Å². The van der Waals surface area contributed by atoms with Gasteiger partial charge in [0.05, 0.1) is 5.56 Å². The number of benzene rings is 1. The normalized spacial score (nSPS) is 10.7. The Hall–Kier alpha value is -2.99. The number of aryl methyl sites for hydroxylation is 1. The lowest BCUT2D eigenvalue weighted by Gasteiger charge is -2.09. The third kappa shape index (κ3) is 4.60. The Kier molecular flexibility index (Phi) is 5.66. The van der Waals surface area contributed by atoms with E-state index >= 15 is 0 Å². The smallest absolute Gasteiger partial charge is 0.259 e. The molecule has 2 N–H and O–H groups in total. The second-order valence-corrected chi connectivity index (χ2v) is 7.48. The fraction of sp³-hybridized carbons (Fsp3) is 0.190. The van der Waals surface area contributed by atoms with Crippen LogP contribution in [0.5, 0.6) is 0 Å². The Morgan fingerprint density at radius 2 is 1.74 bits per heavy atom. The molecule has 1 aromatic carbocycles. The third-order valence-electron chi connectivity index (χ3n) is 4.13. The molecule has 0 saturated carbocycles. The van der Waals surface area contributed by atoms with Gasteiger partial charge in [-0.2, -0.15) is 0 Å². The molecule has 27 heavy (non-hydrogen) atoms. The Morgan fingerprint density at radius 3 is 2.41 bits per heavy atom. The second kappa shape index (κ2) is 8.14. The molecule has 6 heteroatoms. The summed E-state index contributed by atoms with van der Waals surface area (Å²) in [4.78, 5) is 29.2. The Balaban J connectivity index is 1.72. The summed E-state index contributed by atoms with van der Waals surface area (Å²) in [6.07, 6.45) is 1.64. The topological polar surface area (TPSA) is 71.1 Å². The van der Waals surface area contributed by atoms with E-state index in [9.17, 15) is 9.59 Å². The highest BCUT2D eigenvalue weighted by molar-refractivity contribution is 7.14.